The standard InChI is InChI=1S/C17H19N5O3S/c1-20-15-12(11-18-14(19-15)13-3-2-10-26-13)16(23)22(17(20)24)5-4-21-6-8-25-9-7-21/h2-3,10-11H,4-9H2,1H3. The number of aromatic nitrogens is 4. The van der Waals surface area contributed by atoms with Gasteiger partial charge in [0.2, 0.25) is 0 Å². The Morgan fingerprint density at radius 2 is 2.04 bits per heavy atom. The molecule has 0 aliphatic carbocycles. The van der Waals surface area contributed by atoms with Crippen LogP contribution in [0.2, 0.25) is 0 Å². The molecule has 26 heavy (non-hydrogen) atoms. The largest absolute Gasteiger partial charge is 0.379 e. The highest BCUT2D eigenvalue weighted by Gasteiger charge is 2.16. The Labute approximate surface area is 153 Å². The van der Waals surface area contributed by atoms with Crippen molar-refractivity contribution < 1.29 is 4.74 Å². The minimum Gasteiger partial charge on any atom is -0.379 e. The van der Waals surface area contributed by atoms with Crippen molar-refractivity contribution in [2.45, 2.75) is 6.54 Å². The van der Waals surface area contributed by atoms with E-state index in [9.17, 15) is 9.59 Å². The molecule has 0 spiro atoms. The lowest BCUT2D eigenvalue weighted by Crippen LogP contribution is -2.44. The molecule has 0 aromatic carbocycles. The van der Waals surface area contributed by atoms with Crippen molar-refractivity contribution in [3.8, 4) is 10.7 Å². The smallest absolute Gasteiger partial charge is 0.332 e. The molecular weight excluding hydrogens is 354 g/mol. The summed E-state index contributed by atoms with van der Waals surface area (Å²) in [6.45, 7) is 3.98. The molecule has 0 atom stereocenters. The van der Waals surface area contributed by atoms with Gasteiger partial charge in [0.05, 0.1) is 18.1 Å². The first kappa shape index (κ1) is 17.1. The van der Waals surface area contributed by atoms with E-state index in [1.165, 1.54) is 26.7 Å². The summed E-state index contributed by atoms with van der Waals surface area (Å²) in [6, 6.07) is 3.82. The molecule has 136 valence electrons. The van der Waals surface area contributed by atoms with Gasteiger partial charge in [-0.15, -0.1) is 11.3 Å². The predicted octanol–water partition coefficient (Wildman–Crippen LogP) is 0.551. The Balaban J connectivity index is 1.72. The Bertz CT molecular complexity index is 1030. The molecule has 0 radical (unpaired) electrons. The molecule has 0 saturated carbocycles. The van der Waals surface area contributed by atoms with Gasteiger partial charge in [-0.25, -0.2) is 14.8 Å². The summed E-state index contributed by atoms with van der Waals surface area (Å²) in [5, 5.41) is 2.29. The van der Waals surface area contributed by atoms with Gasteiger partial charge in [-0.05, 0) is 11.4 Å². The molecule has 8 nitrogen and oxygen atoms in total. The number of nitrogens with zero attached hydrogens (tertiary/aromatic N) is 5. The van der Waals surface area contributed by atoms with E-state index in [1.54, 1.807) is 7.05 Å². The zero-order valence-corrected chi connectivity index (χ0v) is 15.2. The summed E-state index contributed by atoms with van der Waals surface area (Å²) < 4.78 is 8.02. The van der Waals surface area contributed by atoms with Gasteiger partial charge in [0.1, 0.15) is 5.39 Å². The lowest BCUT2D eigenvalue weighted by Gasteiger charge is -2.26. The maximum atomic E-state index is 12.8. The number of hydrogen-bond acceptors (Lipinski definition) is 7. The molecule has 4 rings (SSSR count). The molecule has 1 aliphatic rings. The molecule has 1 aliphatic heterocycles. The van der Waals surface area contributed by atoms with Crippen LogP contribution in [0.4, 0.5) is 0 Å². The first-order valence-electron chi connectivity index (χ1n) is 8.46. The van der Waals surface area contributed by atoms with Crippen molar-refractivity contribution in [1.29, 1.82) is 0 Å². The fourth-order valence-corrected chi connectivity index (χ4v) is 3.74. The number of rotatable bonds is 4. The summed E-state index contributed by atoms with van der Waals surface area (Å²) in [6.07, 6.45) is 1.52. The van der Waals surface area contributed by atoms with Crippen molar-refractivity contribution in [3.05, 3.63) is 44.5 Å². The predicted molar refractivity (Wildman–Crippen MR) is 99.6 cm³/mol. The first-order valence-corrected chi connectivity index (χ1v) is 9.33. The average Bonchev–Trinajstić information content (AvgIpc) is 3.21. The van der Waals surface area contributed by atoms with Crippen molar-refractivity contribution >= 4 is 22.4 Å². The van der Waals surface area contributed by atoms with Crippen LogP contribution >= 0.6 is 11.3 Å². The highest BCUT2D eigenvalue weighted by Crippen LogP contribution is 2.21. The normalized spacial score (nSPS) is 15.6. The quantitative estimate of drug-likeness (QED) is 0.664. The molecule has 0 unspecified atom stereocenters. The molecule has 9 heteroatoms. The van der Waals surface area contributed by atoms with Gasteiger partial charge in [-0.3, -0.25) is 18.8 Å². The van der Waals surface area contributed by atoms with Crippen LogP contribution in [0.5, 0.6) is 0 Å². The zero-order valence-electron chi connectivity index (χ0n) is 14.4. The fourth-order valence-electron chi connectivity index (χ4n) is 3.07. The molecule has 0 N–H and O–H groups in total. The monoisotopic (exact) mass is 373 g/mol. The zero-order chi connectivity index (χ0) is 18.1. The van der Waals surface area contributed by atoms with E-state index >= 15 is 0 Å². The van der Waals surface area contributed by atoms with Crippen molar-refractivity contribution in [2.75, 3.05) is 32.8 Å². The van der Waals surface area contributed by atoms with E-state index in [0.29, 0.717) is 43.2 Å². The third kappa shape index (κ3) is 3.09. The molecule has 1 saturated heterocycles. The van der Waals surface area contributed by atoms with Crippen LogP contribution in [-0.2, 0) is 18.3 Å². The van der Waals surface area contributed by atoms with Gasteiger partial charge in [0.25, 0.3) is 5.56 Å². The van der Waals surface area contributed by atoms with E-state index in [-0.39, 0.29) is 11.2 Å². The Hall–Kier alpha value is -2.36. The van der Waals surface area contributed by atoms with Crippen LogP contribution in [0, 0.1) is 0 Å². The number of aryl methyl sites for hydroxylation is 1. The van der Waals surface area contributed by atoms with E-state index < -0.39 is 0 Å². The van der Waals surface area contributed by atoms with Crippen molar-refractivity contribution in [2.24, 2.45) is 7.05 Å². The summed E-state index contributed by atoms with van der Waals surface area (Å²) >= 11 is 1.51. The number of ether oxygens (including phenoxy) is 1. The Morgan fingerprint density at radius 3 is 2.77 bits per heavy atom. The molecule has 0 amide bonds. The topological polar surface area (TPSA) is 82.3 Å². The van der Waals surface area contributed by atoms with Gasteiger partial charge in [0.15, 0.2) is 11.5 Å². The number of morpholine rings is 1. The van der Waals surface area contributed by atoms with Crippen LogP contribution in [0.25, 0.3) is 21.7 Å². The van der Waals surface area contributed by atoms with Crippen LogP contribution < -0.4 is 11.2 Å². The minimum atomic E-state index is -0.355. The van der Waals surface area contributed by atoms with Gasteiger partial charge in [0, 0.05) is 39.4 Å². The molecule has 1 fully saturated rings. The van der Waals surface area contributed by atoms with Crippen LogP contribution in [0.1, 0.15) is 0 Å². The van der Waals surface area contributed by atoms with Crippen molar-refractivity contribution in [1.82, 2.24) is 24.0 Å². The lowest BCUT2D eigenvalue weighted by molar-refractivity contribution is 0.0361. The number of thiophene rings is 1. The van der Waals surface area contributed by atoms with Crippen molar-refractivity contribution in [3.63, 3.8) is 0 Å². The summed E-state index contributed by atoms with van der Waals surface area (Å²) in [5.74, 6) is 0.521. The van der Waals surface area contributed by atoms with Crippen LogP contribution in [0.15, 0.2) is 33.3 Å². The van der Waals surface area contributed by atoms with Gasteiger partial charge < -0.3 is 4.74 Å². The second-order valence-electron chi connectivity index (χ2n) is 6.16. The third-order valence-corrected chi connectivity index (χ3v) is 5.43. The Morgan fingerprint density at radius 1 is 1.23 bits per heavy atom. The first-order chi connectivity index (χ1) is 12.6. The number of hydrogen-bond donors (Lipinski definition) is 0. The van der Waals surface area contributed by atoms with Gasteiger partial charge >= 0.3 is 5.69 Å². The van der Waals surface area contributed by atoms with E-state index in [4.69, 9.17) is 4.74 Å². The molecule has 3 aromatic heterocycles. The Kier molecular flexibility index (Phi) is 4.66. The fraction of sp³-hybridized carbons (Fsp3) is 0.412. The lowest BCUT2D eigenvalue weighted by atomic mass is 10.3. The summed E-state index contributed by atoms with van der Waals surface area (Å²) in [5.41, 5.74) is -0.332. The van der Waals surface area contributed by atoms with Gasteiger partial charge in [-0.1, -0.05) is 6.07 Å². The average molecular weight is 373 g/mol. The second kappa shape index (κ2) is 7.10. The highest BCUT2D eigenvalue weighted by molar-refractivity contribution is 7.13. The van der Waals surface area contributed by atoms with Crippen LogP contribution in [0.3, 0.4) is 0 Å². The number of fused-ring (bicyclic) bond motifs is 1. The van der Waals surface area contributed by atoms with E-state index in [1.807, 2.05) is 17.5 Å². The third-order valence-electron chi connectivity index (χ3n) is 4.56. The summed E-state index contributed by atoms with van der Waals surface area (Å²) in [4.78, 5) is 37.4. The van der Waals surface area contributed by atoms with E-state index in [2.05, 4.69) is 14.9 Å². The molecular formula is C17H19N5O3S. The maximum Gasteiger partial charge on any atom is 0.332 e. The SMILES string of the molecule is Cn1c(=O)n(CCN2CCOCC2)c(=O)c2cnc(-c3cccs3)nc21. The highest BCUT2D eigenvalue weighted by atomic mass is 32.1. The molecule has 4 heterocycles. The summed E-state index contributed by atoms with van der Waals surface area (Å²) in [7, 11) is 1.64. The molecule has 0 bridgehead atoms. The maximum absolute atomic E-state index is 12.8. The minimum absolute atomic E-state index is 0.339. The second-order valence-corrected chi connectivity index (χ2v) is 7.11. The van der Waals surface area contributed by atoms with Crippen LogP contribution in [-0.4, -0.2) is 56.9 Å². The molecule has 3 aromatic rings. The van der Waals surface area contributed by atoms with Gasteiger partial charge in [-0.2, -0.15) is 0 Å². The van der Waals surface area contributed by atoms with E-state index in [0.717, 1.165) is 18.0 Å².